The lowest BCUT2D eigenvalue weighted by atomic mass is 10.2. The summed E-state index contributed by atoms with van der Waals surface area (Å²) in [5, 5.41) is 0. The zero-order valence-electron chi connectivity index (χ0n) is 14.1. The van der Waals surface area contributed by atoms with Crippen molar-refractivity contribution in [3.63, 3.8) is 0 Å². The van der Waals surface area contributed by atoms with Gasteiger partial charge in [0.05, 0.1) is 24.4 Å². The highest BCUT2D eigenvalue weighted by Gasteiger charge is 2.18. The smallest absolute Gasteiger partial charge is 0.306 e. The number of rotatable bonds is 10. The number of hydrogen-bond donors (Lipinski definition) is 0. The van der Waals surface area contributed by atoms with Gasteiger partial charge in [-0.15, -0.1) is 0 Å². The minimum absolute atomic E-state index is 0.114. The maximum absolute atomic E-state index is 11.9. The van der Waals surface area contributed by atoms with Crippen LogP contribution in [0, 0.1) is 0 Å². The molecule has 0 saturated heterocycles. The van der Waals surface area contributed by atoms with E-state index in [0.717, 1.165) is 0 Å². The molecule has 21 heavy (non-hydrogen) atoms. The first-order chi connectivity index (χ1) is 9.41. The molecular weight excluding hydrogens is 299 g/mol. The van der Waals surface area contributed by atoms with Gasteiger partial charge < -0.3 is 9.05 Å². The summed E-state index contributed by atoms with van der Waals surface area (Å²) >= 11 is 0. The lowest BCUT2D eigenvalue weighted by Crippen LogP contribution is -2.21. The fourth-order valence-corrected chi connectivity index (χ4v) is 1.84. The van der Waals surface area contributed by atoms with E-state index in [9.17, 15) is 4.57 Å². The molecule has 0 heterocycles. The van der Waals surface area contributed by atoms with Crippen molar-refractivity contribution in [1.29, 1.82) is 0 Å². The molecule has 0 saturated carbocycles. The maximum atomic E-state index is 11.9. The van der Waals surface area contributed by atoms with E-state index in [1.807, 2.05) is 41.5 Å². The van der Waals surface area contributed by atoms with Gasteiger partial charge in [0.25, 0.3) is 0 Å². The zero-order valence-corrected chi connectivity index (χ0v) is 15.0. The van der Waals surface area contributed by atoms with Gasteiger partial charge in [0, 0.05) is 6.66 Å². The van der Waals surface area contributed by atoms with Crippen molar-refractivity contribution in [2.24, 2.45) is 0 Å². The minimum Gasteiger partial charge on any atom is -0.306 e. The Morgan fingerprint density at radius 1 is 0.714 bits per heavy atom. The van der Waals surface area contributed by atoms with E-state index in [0.29, 0.717) is 0 Å². The molecule has 0 amide bonds. The summed E-state index contributed by atoms with van der Waals surface area (Å²) in [6.07, 6.45) is 0. The molecule has 0 spiro atoms. The molecule has 0 aromatic carbocycles. The van der Waals surface area contributed by atoms with Crippen LogP contribution in [0.3, 0.4) is 0 Å². The van der Waals surface area contributed by atoms with Gasteiger partial charge in [-0.1, -0.05) is 0 Å². The third-order valence-corrected chi connectivity index (χ3v) is 2.91. The summed E-state index contributed by atoms with van der Waals surface area (Å²) < 4.78 is 22.1. The van der Waals surface area contributed by atoms with Crippen LogP contribution in [0.25, 0.3) is 0 Å². The van der Waals surface area contributed by atoms with Crippen molar-refractivity contribution in [3.8, 4) is 0 Å². The molecule has 0 radical (unpaired) electrons. The van der Waals surface area contributed by atoms with Gasteiger partial charge in [0.2, 0.25) is 0 Å². The van der Waals surface area contributed by atoms with Crippen LogP contribution in [0.15, 0.2) is 0 Å². The predicted octanol–water partition coefficient (Wildman–Crippen LogP) is 3.34. The molecule has 0 aliphatic rings. The van der Waals surface area contributed by atoms with E-state index >= 15 is 0 Å². The van der Waals surface area contributed by atoms with E-state index in [2.05, 4.69) is 0 Å². The Morgan fingerprint density at radius 3 is 1.33 bits per heavy atom. The first-order valence-electron chi connectivity index (χ1n) is 6.89. The van der Waals surface area contributed by atoms with Crippen molar-refractivity contribution in [2.45, 2.75) is 52.7 Å². The second-order valence-corrected chi connectivity index (χ2v) is 8.53. The first kappa shape index (κ1) is 21.0. The summed E-state index contributed by atoms with van der Waals surface area (Å²) in [6.45, 7) is 13.1. The van der Waals surface area contributed by atoms with Gasteiger partial charge in [0.1, 0.15) is 13.2 Å². The van der Waals surface area contributed by atoms with E-state index < -0.39 is 18.8 Å². The van der Waals surface area contributed by atoms with Crippen LogP contribution in [0.2, 0.25) is 0 Å². The number of hydrogen-bond acceptors (Lipinski definition) is 7. The van der Waals surface area contributed by atoms with Gasteiger partial charge in [0.15, 0.2) is 0 Å². The fourth-order valence-electron chi connectivity index (χ4n) is 0.948. The Morgan fingerprint density at radius 2 is 1.05 bits per heavy atom. The zero-order chi connectivity index (χ0) is 16.6. The Kier molecular flexibility index (Phi) is 9.20. The molecular formula is C13H29O7P. The van der Waals surface area contributed by atoms with Crippen LogP contribution in [-0.4, -0.2) is 44.3 Å². The summed E-state index contributed by atoms with van der Waals surface area (Å²) in [4.78, 5) is 19.9. The summed E-state index contributed by atoms with van der Waals surface area (Å²) in [6, 6.07) is 0. The maximum Gasteiger partial charge on any atom is 0.327 e. The highest BCUT2D eigenvalue weighted by Crippen LogP contribution is 2.43. The largest absolute Gasteiger partial charge is 0.327 e. The van der Waals surface area contributed by atoms with E-state index in [4.69, 9.17) is 28.6 Å². The first-order valence-corrected chi connectivity index (χ1v) is 8.88. The Balaban J connectivity index is 3.63. The molecule has 0 fully saturated rings. The summed E-state index contributed by atoms with van der Waals surface area (Å²) in [5.41, 5.74) is -0.784. The van der Waals surface area contributed by atoms with Crippen molar-refractivity contribution in [2.75, 3.05) is 33.1 Å². The van der Waals surface area contributed by atoms with Gasteiger partial charge in [-0.25, -0.2) is 19.6 Å². The van der Waals surface area contributed by atoms with Crippen molar-refractivity contribution >= 4 is 7.60 Å². The van der Waals surface area contributed by atoms with Crippen LogP contribution in [0.4, 0.5) is 0 Å². The Hall–Kier alpha value is -0.0100. The molecule has 0 aromatic rings. The van der Waals surface area contributed by atoms with Gasteiger partial charge >= 0.3 is 7.60 Å². The van der Waals surface area contributed by atoms with Gasteiger partial charge in [-0.05, 0) is 41.5 Å². The molecule has 0 atom stereocenters. The highest BCUT2D eigenvalue weighted by atomic mass is 31.2. The SMILES string of the molecule is CC(C)(C)OOCCOP(C)(=O)OCCOOC(C)(C)C. The van der Waals surface area contributed by atoms with E-state index in [-0.39, 0.29) is 26.4 Å². The van der Waals surface area contributed by atoms with Crippen LogP contribution in [0.5, 0.6) is 0 Å². The van der Waals surface area contributed by atoms with Crippen LogP contribution >= 0.6 is 7.60 Å². The highest BCUT2D eigenvalue weighted by molar-refractivity contribution is 7.52. The topological polar surface area (TPSA) is 72.5 Å². The van der Waals surface area contributed by atoms with Crippen LogP contribution in [0.1, 0.15) is 41.5 Å². The Bertz CT molecular complexity index is 291. The van der Waals surface area contributed by atoms with Crippen LogP contribution in [-0.2, 0) is 33.2 Å². The standard InChI is InChI=1S/C13H29O7P/c1-12(2,3)19-15-8-10-17-21(7,14)18-11-9-16-20-13(4,5)6/h8-11H2,1-7H3. The van der Waals surface area contributed by atoms with Crippen molar-refractivity contribution in [3.05, 3.63) is 0 Å². The van der Waals surface area contributed by atoms with Crippen LogP contribution < -0.4 is 0 Å². The molecule has 7 nitrogen and oxygen atoms in total. The van der Waals surface area contributed by atoms with E-state index in [1.165, 1.54) is 6.66 Å². The molecule has 0 rings (SSSR count). The van der Waals surface area contributed by atoms with Crippen molar-refractivity contribution in [1.82, 2.24) is 0 Å². The summed E-state index contributed by atoms with van der Waals surface area (Å²) in [5.74, 6) is 0. The molecule has 8 heteroatoms. The normalized spacial score (nSPS) is 13.7. The molecule has 128 valence electrons. The fraction of sp³-hybridized carbons (Fsp3) is 1.00. The average molecular weight is 328 g/mol. The quantitative estimate of drug-likeness (QED) is 0.263. The second-order valence-electron chi connectivity index (χ2n) is 6.47. The molecule has 0 N–H and O–H groups in total. The second kappa shape index (κ2) is 9.20. The lowest BCUT2D eigenvalue weighted by molar-refractivity contribution is -0.350. The van der Waals surface area contributed by atoms with Gasteiger partial charge in [-0.2, -0.15) is 0 Å². The van der Waals surface area contributed by atoms with E-state index in [1.54, 1.807) is 0 Å². The predicted molar refractivity (Wildman–Crippen MR) is 79.0 cm³/mol. The lowest BCUT2D eigenvalue weighted by Gasteiger charge is -2.19. The molecule has 0 unspecified atom stereocenters. The Labute approximate surface area is 127 Å². The molecule has 0 aromatic heterocycles. The monoisotopic (exact) mass is 328 g/mol. The molecule has 0 aliphatic carbocycles. The minimum atomic E-state index is -3.13. The third kappa shape index (κ3) is 16.2. The van der Waals surface area contributed by atoms with Gasteiger partial charge in [-0.3, -0.25) is 4.57 Å². The molecule has 0 bridgehead atoms. The van der Waals surface area contributed by atoms with Crippen molar-refractivity contribution < 1.29 is 33.2 Å². The third-order valence-electron chi connectivity index (χ3n) is 1.60. The average Bonchev–Trinajstić information content (AvgIpc) is 2.24. The molecule has 0 aliphatic heterocycles. The summed E-state index contributed by atoms with van der Waals surface area (Å²) in [7, 11) is -3.13.